The molecular weight excluding hydrogens is 202 g/mol. The molecule has 72 valence electrons. The molecule has 0 aromatic carbocycles. The van der Waals surface area contributed by atoms with Gasteiger partial charge in [-0.2, -0.15) is 0 Å². The molecule has 0 bridgehead atoms. The van der Waals surface area contributed by atoms with Crippen LogP contribution in [0.3, 0.4) is 0 Å². The van der Waals surface area contributed by atoms with Crippen LogP contribution in [0.1, 0.15) is 30.0 Å². The van der Waals surface area contributed by atoms with Gasteiger partial charge in [-0.15, -0.1) is 22.9 Å². The first-order chi connectivity index (χ1) is 6.25. The Balaban J connectivity index is 1.97. The summed E-state index contributed by atoms with van der Waals surface area (Å²) in [5, 5.41) is 3.77. The van der Waals surface area contributed by atoms with E-state index in [0.29, 0.717) is 11.3 Å². The second-order valence-electron chi connectivity index (χ2n) is 3.79. The number of aromatic nitrogens is 1. The topological polar surface area (TPSA) is 12.9 Å². The highest BCUT2D eigenvalue weighted by molar-refractivity contribution is 7.09. The van der Waals surface area contributed by atoms with Crippen molar-refractivity contribution < 1.29 is 0 Å². The summed E-state index contributed by atoms with van der Waals surface area (Å²) in [5.74, 6) is 0.673. The van der Waals surface area contributed by atoms with Gasteiger partial charge < -0.3 is 0 Å². The van der Waals surface area contributed by atoms with Crippen LogP contribution in [-0.4, -0.2) is 10.4 Å². The minimum atomic E-state index is 0.393. The fraction of sp³-hybridized carbons (Fsp3) is 0.700. The molecule has 1 heterocycles. The van der Waals surface area contributed by atoms with E-state index in [2.05, 4.69) is 10.4 Å². The highest BCUT2D eigenvalue weighted by Crippen LogP contribution is 2.33. The molecule has 2 unspecified atom stereocenters. The molecule has 3 heteroatoms. The molecule has 1 aliphatic carbocycles. The van der Waals surface area contributed by atoms with Crippen molar-refractivity contribution in [1.82, 2.24) is 4.98 Å². The standard InChI is InChI=1S/C10H14ClNS/c1-7-6-13-10(12-7)5-8-3-2-4-9(8)11/h6,8-9H,2-5H2,1H3. The van der Waals surface area contributed by atoms with Crippen molar-refractivity contribution in [3.8, 4) is 0 Å². The van der Waals surface area contributed by atoms with Crippen molar-refractivity contribution in [3.05, 3.63) is 16.1 Å². The maximum Gasteiger partial charge on any atom is 0.0931 e. The number of alkyl halides is 1. The Morgan fingerprint density at radius 1 is 1.62 bits per heavy atom. The largest absolute Gasteiger partial charge is 0.247 e. The van der Waals surface area contributed by atoms with Crippen LogP contribution in [0.15, 0.2) is 5.38 Å². The van der Waals surface area contributed by atoms with E-state index < -0.39 is 0 Å². The van der Waals surface area contributed by atoms with Gasteiger partial charge in [0.2, 0.25) is 0 Å². The molecule has 1 nitrogen and oxygen atoms in total. The van der Waals surface area contributed by atoms with Crippen LogP contribution in [0.5, 0.6) is 0 Å². The third-order valence-corrected chi connectivity index (χ3v) is 4.23. The Kier molecular flexibility index (Phi) is 2.89. The summed E-state index contributed by atoms with van der Waals surface area (Å²) in [6.45, 7) is 2.05. The highest BCUT2D eigenvalue weighted by Gasteiger charge is 2.25. The second-order valence-corrected chi connectivity index (χ2v) is 5.30. The number of rotatable bonds is 2. The van der Waals surface area contributed by atoms with E-state index in [1.807, 2.05) is 6.92 Å². The molecule has 0 spiro atoms. The number of aryl methyl sites for hydroxylation is 1. The zero-order chi connectivity index (χ0) is 9.26. The van der Waals surface area contributed by atoms with E-state index in [4.69, 9.17) is 11.6 Å². The Labute approximate surface area is 88.1 Å². The number of halogens is 1. The summed E-state index contributed by atoms with van der Waals surface area (Å²) >= 11 is 7.98. The van der Waals surface area contributed by atoms with Gasteiger partial charge in [-0.05, 0) is 25.7 Å². The minimum Gasteiger partial charge on any atom is -0.247 e. The predicted octanol–water partition coefficient (Wildman–Crippen LogP) is 3.40. The fourth-order valence-electron chi connectivity index (χ4n) is 1.94. The van der Waals surface area contributed by atoms with Crippen LogP contribution in [0.25, 0.3) is 0 Å². The van der Waals surface area contributed by atoms with E-state index in [9.17, 15) is 0 Å². The van der Waals surface area contributed by atoms with E-state index in [1.165, 1.54) is 24.3 Å². The van der Waals surface area contributed by atoms with Crippen molar-refractivity contribution in [2.45, 2.75) is 38.0 Å². The first-order valence-corrected chi connectivity index (χ1v) is 6.12. The van der Waals surface area contributed by atoms with Gasteiger partial charge >= 0.3 is 0 Å². The van der Waals surface area contributed by atoms with Crippen LogP contribution in [0, 0.1) is 12.8 Å². The van der Waals surface area contributed by atoms with Gasteiger partial charge in [-0.1, -0.05) is 6.42 Å². The van der Waals surface area contributed by atoms with Gasteiger partial charge in [-0.3, -0.25) is 0 Å². The smallest absolute Gasteiger partial charge is 0.0931 e. The lowest BCUT2D eigenvalue weighted by Crippen LogP contribution is -2.09. The number of hydrogen-bond donors (Lipinski definition) is 0. The second kappa shape index (κ2) is 3.97. The van der Waals surface area contributed by atoms with Gasteiger partial charge in [0.05, 0.1) is 5.01 Å². The fourth-order valence-corrected chi connectivity index (χ4v) is 3.18. The third-order valence-electron chi connectivity index (χ3n) is 2.67. The molecule has 0 radical (unpaired) electrons. The molecular formula is C10H14ClNS. The maximum absolute atomic E-state index is 6.21. The van der Waals surface area contributed by atoms with E-state index in [0.717, 1.165) is 12.1 Å². The van der Waals surface area contributed by atoms with Crippen LogP contribution in [-0.2, 0) is 6.42 Å². The monoisotopic (exact) mass is 215 g/mol. The number of hydrogen-bond acceptors (Lipinski definition) is 2. The molecule has 0 aliphatic heterocycles. The first kappa shape index (κ1) is 9.47. The Morgan fingerprint density at radius 2 is 2.46 bits per heavy atom. The number of nitrogens with zero attached hydrogens (tertiary/aromatic N) is 1. The van der Waals surface area contributed by atoms with Gasteiger partial charge in [-0.25, -0.2) is 4.98 Å². The van der Waals surface area contributed by atoms with Crippen molar-refractivity contribution in [2.24, 2.45) is 5.92 Å². The summed E-state index contributed by atoms with van der Waals surface area (Å²) in [6.07, 6.45) is 4.86. The molecule has 1 fully saturated rings. The maximum atomic E-state index is 6.21. The SMILES string of the molecule is Cc1csc(CC2CCCC2Cl)n1. The molecule has 2 rings (SSSR count). The molecule has 0 saturated heterocycles. The van der Waals surface area contributed by atoms with Gasteiger partial charge in [0.1, 0.15) is 0 Å². The summed E-state index contributed by atoms with van der Waals surface area (Å²) < 4.78 is 0. The molecule has 13 heavy (non-hydrogen) atoms. The Bertz CT molecular complexity index is 284. The zero-order valence-corrected chi connectivity index (χ0v) is 9.37. The average Bonchev–Trinajstić information content (AvgIpc) is 2.64. The van der Waals surface area contributed by atoms with Crippen molar-refractivity contribution in [2.75, 3.05) is 0 Å². The lowest BCUT2D eigenvalue weighted by Gasteiger charge is -2.10. The number of thiazole rings is 1. The zero-order valence-electron chi connectivity index (χ0n) is 7.79. The van der Waals surface area contributed by atoms with Gasteiger partial charge in [0, 0.05) is 22.9 Å². The molecule has 1 aromatic rings. The quantitative estimate of drug-likeness (QED) is 0.690. The van der Waals surface area contributed by atoms with Gasteiger partial charge in [0.15, 0.2) is 0 Å². The molecule has 1 aromatic heterocycles. The summed E-state index contributed by atoms with van der Waals surface area (Å²) in [5.41, 5.74) is 1.14. The lowest BCUT2D eigenvalue weighted by atomic mass is 10.0. The third kappa shape index (κ3) is 2.23. The van der Waals surface area contributed by atoms with Crippen LogP contribution < -0.4 is 0 Å². The Morgan fingerprint density at radius 3 is 3.00 bits per heavy atom. The van der Waals surface area contributed by atoms with Crippen molar-refractivity contribution >= 4 is 22.9 Å². The van der Waals surface area contributed by atoms with Crippen LogP contribution in [0.4, 0.5) is 0 Å². The normalized spacial score (nSPS) is 28.2. The molecule has 0 N–H and O–H groups in total. The predicted molar refractivity (Wildman–Crippen MR) is 57.5 cm³/mol. The molecule has 0 amide bonds. The summed E-state index contributed by atoms with van der Waals surface area (Å²) in [6, 6.07) is 0. The summed E-state index contributed by atoms with van der Waals surface area (Å²) in [7, 11) is 0. The molecule has 1 aliphatic rings. The average molecular weight is 216 g/mol. The van der Waals surface area contributed by atoms with E-state index in [1.54, 1.807) is 11.3 Å². The molecule has 1 saturated carbocycles. The van der Waals surface area contributed by atoms with E-state index >= 15 is 0 Å². The van der Waals surface area contributed by atoms with Gasteiger partial charge in [0.25, 0.3) is 0 Å². The lowest BCUT2D eigenvalue weighted by molar-refractivity contribution is 0.551. The van der Waals surface area contributed by atoms with Crippen molar-refractivity contribution in [1.29, 1.82) is 0 Å². The minimum absolute atomic E-state index is 0.393. The van der Waals surface area contributed by atoms with Crippen LogP contribution in [0.2, 0.25) is 0 Å². The van der Waals surface area contributed by atoms with Crippen LogP contribution >= 0.6 is 22.9 Å². The Hall–Kier alpha value is -0.0800. The molecule has 2 atom stereocenters. The first-order valence-electron chi connectivity index (χ1n) is 4.81. The van der Waals surface area contributed by atoms with Crippen molar-refractivity contribution in [3.63, 3.8) is 0 Å². The highest BCUT2D eigenvalue weighted by atomic mass is 35.5. The van der Waals surface area contributed by atoms with E-state index in [-0.39, 0.29) is 0 Å². The summed E-state index contributed by atoms with van der Waals surface area (Å²) in [4.78, 5) is 4.47.